The molecule has 1 aromatic heterocycles. The van der Waals surface area contributed by atoms with Crippen molar-refractivity contribution in [2.75, 3.05) is 14.1 Å². The van der Waals surface area contributed by atoms with Crippen molar-refractivity contribution in [2.24, 2.45) is 0 Å². The number of nitrogens with zero attached hydrogens (tertiary/aromatic N) is 4. The third kappa shape index (κ3) is 3.29. The van der Waals surface area contributed by atoms with Gasteiger partial charge in [0.25, 0.3) is 0 Å². The van der Waals surface area contributed by atoms with Gasteiger partial charge in [-0.05, 0) is 53.2 Å². The second-order valence-electron chi connectivity index (χ2n) is 5.96. The highest BCUT2D eigenvalue weighted by atomic mass is 35.5. The highest BCUT2D eigenvalue weighted by Crippen LogP contribution is 2.28. The fourth-order valence-corrected chi connectivity index (χ4v) is 3.28. The number of aryl methyl sites for hydroxylation is 1. The quantitative estimate of drug-likeness (QED) is 0.775. The van der Waals surface area contributed by atoms with E-state index in [0.29, 0.717) is 10.0 Å². The van der Waals surface area contributed by atoms with Gasteiger partial charge < -0.3 is 4.90 Å². The lowest BCUT2D eigenvalue weighted by Gasteiger charge is -2.22. The van der Waals surface area contributed by atoms with Crippen LogP contribution in [0.5, 0.6) is 0 Å². The zero-order chi connectivity index (χ0) is 17.3. The third-order valence-electron chi connectivity index (χ3n) is 3.85. The summed E-state index contributed by atoms with van der Waals surface area (Å²) in [4.78, 5) is 1.14. The molecule has 0 aliphatic carbocycles. The van der Waals surface area contributed by atoms with Crippen molar-refractivity contribution in [3.05, 3.63) is 69.5 Å². The van der Waals surface area contributed by atoms with E-state index in [0.717, 1.165) is 27.5 Å². The van der Waals surface area contributed by atoms with Gasteiger partial charge in [-0.15, -0.1) is 5.10 Å². The first-order valence-corrected chi connectivity index (χ1v) is 8.33. The Kier molecular flexibility index (Phi) is 4.85. The van der Waals surface area contributed by atoms with Crippen LogP contribution < -0.4 is 4.90 Å². The van der Waals surface area contributed by atoms with Gasteiger partial charge in [-0.1, -0.05) is 35.3 Å². The molecule has 0 unspecified atom stereocenters. The summed E-state index contributed by atoms with van der Waals surface area (Å²) in [6.45, 7) is 2.04. The van der Waals surface area contributed by atoms with Crippen LogP contribution in [0.3, 0.4) is 0 Å². The molecule has 3 rings (SSSR count). The number of benzene rings is 2. The highest BCUT2D eigenvalue weighted by Gasteiger charge is 2.29. The number of aromatic nitrogens is 4. The van der Waals surface area contributed by atoms with Crippen molar-refractivity contribution < 1.29 is 4.90 Å². The number of hydrogen-bond donors (Lipinski definition) is 1. The average molecular weight is 363 g/mol. The fourth-order valence-electron chi connectivity index (χ4n) is 2.76. The minimum Gasteiger partial charge on any atom is -0.327 e. The molecule has 2 aromatic carbocycles. The van der Waals surface area contributed by atoms with Crippen LogP contribution in [0.1, 0.15) is 23.0 Å². The summed E-state index contributed by atoms with van der Waals surface area (Å²) in [6, 6.07) is 13.4. The number of halogens is 2. The Bertz CT molecular complexity index is 860. The Morgan fingerprint density at radius 3 is 2.54 bits per heavy atom. The van der Waals surface area contributed by atoms with E-state index in [1.807, 2.05) is 57.4 Å². The number of quaternary nitrogens is 1. The van der Waals surface area contributed by atoms with Gasteiger partial charge >= 0.3 is 0 Å². The Balaban J connectivity index is 2.13. The van der Waals surface area contributed by atoms with Gasteiger partial charge in [0.2, 0.25) is 5.82 Å². The van der Waals surface area contributed by atoms with Crippen LogP contribution in [-0.2, 0) is 0 Å². The lowest BCUT2D eigenvalue weighted by Crippen LogP contribution is -3.06. The van der Waals surface area contributed by atoms with Crippen LogP contribution in [0.2, 0.25) is 10.0 Å². The van der Waals surface area contributed by atoms with Crippen LogP contribution in [0.4, 0.5) is 0 Å². The first-order chi connectivity index (χ1) is 11.5. The Morgan fingerprint density at radius 1 is 1.08 bits per heavy atom. The Hall–Kier alpha value is -1.95. The molecule has 0 saturated heterocycles. The van der Waals surface area contributed by atoms with E-state index in [1.165, 1.54) is 0 Å². The molecule has 3 aromatic rings. The third-order valence-corrected chi connectivity index (χ3v) is 4.41. The molecule has 0 amide bonds. The number of nitrogens with one attached hydrogen (secondary N) is 1. The van der Waals surface area contributed by atoms with Crippen molar-refractivity contribution in [3.63, 3.8) is 0 Å². The molecule has 0 aliphatic rings. The van der Waals surface area contributed by atoms with Gasteiger partial charge in [-0.25, -0.2) is 0 Å². The van der Waals surface area contributed by atoms with Gasteiger partial charge in [0.05, 0.1) is 24.8 Å². The summed E-state index contributed by atoms with van der Waals surface area (Å²) in [5.74, 6) is 0.727. The van der Waals surface area contributed by atoms with Gasteiger partial charge in [0, 0.05) is 10.6 Å². The summed E-state index contributed by atoms with van der Waals surface area (Å²) >= 11 is 12.5. The normalized spacial score (nSPS) is 12.6. The number of rotatable bonds is 4. The second kappa shape index (κ2) is 6.89. The van der Waals surface area contributed by atoms with Crippen molar-refractivity contribution in [1.82, 2.24) is 20.2 Å². The van der Waals surface area contributed by atoms with E-state index < -0.39 is 0 Å². The van der Waals surface area contributed by atoms with E-state index in [9.17, 15) is 0 Å². The highest BCUT2D eigenvalue weighted by molar-refractivity contribution is 6.35. The van der Waals surface area contributed by atoms with E-state index in [1.54, 1.807) is 10.7 Å². The second-order valence-corrected chi connectivity index (χ2v) is 6.81. The molecule has 0 spiro atoms. The largest absolute Gasteiger partial charge is 0.327 e. The standard InChI is InChI=1S/C17H17Cl2N5/c1-11-5-4-6-13(9-11)24-17(20-21-22-24)16(23(2)3)14-8-7-12(18)10-15(14)19/h4-10,16H,1-3H3/p+1/t16-/m0/s1. The molecule has 1 atom stereocenters. The molecule has 0 bridgehead atoms. The van der Waals surface area contributed by atoms with Crippen LogP contribution in [-0.4, -0.2) is 34.3 Å². The minimum absolute atomic E-state index is 0.120. The predicted molar refractivity (Wildman–Crippen MR) is 95.0 cm³/mol. The number of hydrogen-bond acceptors (Lipinski definition) is 3. The van der Waals surface area contributed by atoms with Gasteiger partial charge in [-0.2, -0.15) is 4.68 Å². The molecule has 124 valence electrons. The fraction of sp³-hybridized carbons (Fsp3) is 0.235. The molecule has 0 fully saturated rings. The van der Waals surface area contributed by atoms with Crippen molar-refractivity contribution in [2.45, 2.75) is 13.0 Å². The Labute approximate surface area is 150 Å². The van der Waals surface area contributed by atoms with E-state index >= 15 is 0 Å². The lowest BCUT2D eigenvalue weighted by molar-refractivity contribution is -0.886. The summed E-state index contributed by atoms with van der Waals surface area (Å²) in [5.41, 5.74) is 3.00. The maximum absolute atomic E-state index is 6.43. The van der Waals surface area contributed by atoms with E-state index in [4.69, 9.17) is 23.2 Å². The zero-order valence-corrected chi connectivity index (χ0v) is 15.2. The molecule has 5 nitrogen and oxygen atoms in total. The SMILES string of the molecule is Cc1cccc(-n2nnnc2[C@H](c2ccc(Cl)cc2Cl)[NH+](C)C)c1. The summed E-state index contributed by atoms with van der Waals surface area (Å²) in [5, 5.41) is 13.5. The Morgan fingerprint density at radius 2 is 1.88 bits per heavy atom. The van der Waals surface area contributed by atoms with E-state index in [-0.39, 0.29) is 6.04 Å². The maximum atomic E-state index is 6.43. The molecule has 0 aliphatic heterocycles. The van der Waals surface area contributed by atoms with Crippen LogP contribution in [0, 0.1) is 6.92 Å². The summed E-state index contributed by atoms with van der Waals surface area (Å²) < 4.78 is 1.76. The van der Waals surface area contributed by atoms with Crippen molar-refractivity contribution in [1.29, 1.82) is 0 Å². The van der Waals surface area contributed by atoms with Crippen LogP contribution in [0.25, 0.3) is 5.69 Å². The van der Waals surface area contributed by atoms with Crippen molar-refractivity contribution >= 4 is 23.2 Å². The first kappa shape index (κ1) is 16.9. The molecule has 1 N–H and O–H groups in total. The molecule has 24 heavy (non-hydrogen) atoms. The summed E-state index contributed by atoms with van der Waals surface area (Å²) in [6.07, 6.45) is 0. The van der Waals surface area contributed by atoms with E-state index in [2.05, 4.69) is 15.5 Å². The monoisotopic (exact) mass is 362 g/mol. The van der Waals surface area contributed by atoms with Gasteiger partial charge in [0.1, 0.15) is 0 Å². The summed E-state index contributed by atoms with van der Waals surface area (Å²) in [7, 11) is 4.09. The molecule has 1 heterocycles. The smallest absolute Gasteiger partial charge is 0.219 e. The van der Waals surface area contributed by atoms with Gasteiger partial charge in [-0.3, -0.25) is 0 Å². The zero-order valence-electron chi connectivity index (χ0n) is 13.7. The maximum Gasteiger partial charge on any atom is 0.219 e. The van der Waals surface area contributed by atoms with Crippen LogP contribution >= 0.6 is 23.2 Å². The first-order valence-electron chi connectivity index (χ1n) is 7.57. The molecule has 0 saturated carbocycles. The molecular formula is C17H18Cl2N5+. The predicted octanol–water partition coefficient (Wildman–Crippen LogP) is 2.51. The number of tetrazole rings is 1. The molecular weight excluding hydrogens is 345 g/mol. The average Bonchev–Trinajstić information content (AvgIpc) is 2.98. The van der Waals surface area contributed by atoms with Crippen LogP contribution in [0.15, 0.2) is 42.5 Å². The molecule has 0 radical (unpaired) electrons. The molecule has 7 heteroatoms. The topological polar surface area (TPSA) is 48.0 Å². The lowest BCUT2D eigenvalue weighted by atomic mass is 10.0. The van der Waals surface area contributed by atoms with Crippen molar-refractivity contribution in [3.8, 4) is 5.69 Å². The minimum atomic E-state index is -0.120. The van der Waals surface area contributed by atoms with Gasteiger partial charge in [0.15, 0.2) is 6.04 Å².